The maximum absolute atomic E-state index is 13.4. The van der Waals surface area contributed by atoms with Crippen molar-refractivity contribution in [1.29, 1.82) is 0 Å². The summed E-state index contributed by atoms with van der Waals surface area (Å²) in [6, 6.07) is 28.8. The van der Waals surface area contributed by atoms with E-state index in [0.717, 1.165) is 15.7 Å². The summed E-state index contributed by atoms with van der Waals surface area (Å²) in [5.41, 5.74) is -0.171. The average Bonchev–Trinajstić information content (AvgIpc) is 3.09. The Morgan fingerprint density at radius 1 is 0.886 bits per heavy atom. The molecule has 1 aliphatic rings. The Kier molecular flexibility index (Phi) is 5.66. The Morgan fingerprint density at radius 3 is 2.40 bits per heavy atom. The third kappa shape index (κ3) is 4.19. The Morgan fingerprint density at radius 2 is 1.57 bits per heavy atom. The van der Waals surface area contributed by atoms with Gasteiger partial charge in [-0.25, -0.2) is 4.79 Å². The van der Waals surface area contributed by atoms with Crippen molar-refractivity contribution in [1.82, 2.24) is 10.2 Å². The van der Waals surface area contributed by atoms with E-state index in [1.165, 1.54) is 0 Å². The van der Waals surface area contributed by atoms with Crippen molar-refractivity contribution in [3.8, 4) is 11.5 Å². The lowest BCUT2D eigenvalue weighted by Crippen LogP contribution is -2.42. The monoisotopic (exact) mass is 465 g/mol. The molecular formula is C28H23N3O4. The van der Waals surface area contributed by atoms with E-state index in [-0.39, 0.29) is 0 Å². The van der Waals surface area contributed by atoms with Crippen molar-refractivity contribution in [3.05, 3.63) is 103 Å². The van der Waals surface area contributed by atoms with E-state index in [1.54, 1.807) is 43.3 Å². The van der Waals surface area contributed by atoms with Crippen molar-refractivity contribution in [2.75, 3.05) is 11.9 Å². The fraction of sp³-hybridized carbons (Fsp3) is 0.107. The van der Waals surface area contributed by atoms with Crippen LogP contribution in [0.1, 0.15) is 12.5 Å². The maximum atomic E-state index is 13.4. The van der Waals surface area contributed by atoms with Gasteiger partial charge in [-0.05, 0) is 47.5 Å². The van der Waals surface area contributed by atoms with E-state index in [1.807, 2.05) is 60.7 Å². The van der Waals surface area contributed by atoms with Gasteiger partial charge in [-0.2, -0.15) is 0 Å². The normalized spacial score (nSPS) is 17.3. The molecule has 1 heterocycles. The van der Waals surface area contributed by atoms with Gasteiger partial charge >= 0.3 is 6.03 Å². The fourth-order valence-electron chi connectivity index (χ4n) is 4.29. The Balaban J connectivity index is 1.35. The Bertz CT molecular complexity index is 1430. The number of anilines is 1. The quantitative estimate of drug-likeness (QED) is 0.391. The molecule has 0 unspecified atom stereocenters. The zero-order valence-corrected chi connectivity index (χ0v) is 19.0. The number of nitrogens with zero attached hydrogens (tertiary/aromatic N) is 1. The van der Waals surface area contributed by atoms with Gasteiger partial charge in [0, 0.05) is 0 Å². The van der Waals surface area contributed by atoms with Gasteiger partial charge < -0.3 is 15.4 Å². The molecule has 4 aromatic rings. The number of rotatable bonds is 6. The van der Waals surface area contributed by atoms with Gasteiger partial charge in [0.1, 0.15) is 17.8 Å². The molecule has 7 heteroatoms. The molecule has 0 bridgehead atoms. The molecule has 1 aliphatic heterocycles. The van der Waals surface area contributed by atoms with Gasteiger partial charge in [0.15, 0.2) is 5.75 Å². The largest absolute Gasteiger partial charge is 0.455 e. The Labute approximate surface area is 202 Å². The molecule has 0 spiro atoms. The molecule has 174 valence electrons. The minimum absolute atomic E-state index is 0.426. The van der Waals surface area contributed by atoms with Crippen molar-refractivity contribution in [2.24, 2.45) is 0 Å². The molecule has 2 N–H and O–H groups in total. The average molecular weight is 466 g/mol. The number of carbonyl (C=O) groups excluding carboxylic acids is 3. The lowest BCUT2D eigenvalue weighted by Gasteiger charge is -2.24. The topological polar surface area (TPSA) is 87.7 Å². The summed E-state index contributed by atoms with van der Waals surface area (Å²) >= 11 is 0. The van der Waals surface area contributed by atoms with Crippen molar-refractivity contribution >= 4 is 34.3 Å². The summed E-state index contributed by atoms with van der Waals surface area (Å²) in [5, 5.41) is 7.37. The summed E-state index contributed by atoms with van der Waals surface area (Å²) < 4.78 is 5.88. The highest BCUT2D eigenvalue weighted by atomic mass is 16.5. The Hall–Kier alpha value is -4.65. The molecule has 0 aliphatic carbocycles. The minimum atomic E-state index is -1.29. The fourth-order valence-corrected chi connectivity index (χ4v) is 4.29. The first-order valence-corrected chi connectivity index (χ1v) is 11.2. The van der Waals surface area contributed by atoms with Crippen LogP contribution in [0.25, 0.3) is 10.8 Å². The molecule has 1 atom stereocenters. The predicted molar refractivity (Wildman–Crippen MR) is 133 cm³/mol. The number of benzene rings is 4. The molecule has 1 saturated heterocycles. The third-order valence-corrected chi connectivity index (χ3v) is 6.04. The summed E-state index contributed by atoms with van der Waals surface area (Å²) in [7, 11) is 0. The predicted octanol–water partition coefficient (Wildman–Crippen LogP) is 5.04. The number of amides is 4. The van der Waals surface area contributed by atoms with Crippen LogP contribution in [0, 0.1) is 0 Å². The molecule has 0 saturated carbocycles. The second-order valence-corrected chi connectivity index (χ2v) is 8.43. The second-order valence-electron chi connectivity index (χ2n) is 8.43. The van der Waals surface area contributed by atoms with Gasteiger partial charge in [-0.1, -0.05) is 72.8 Å². The number of imide groups is 1. The third-order valence-electron chi connectivity index (χ3n) is 6.04. The molecule has 5 rings (SSSR count). The lowest BCUT2D eigenvalue weighted by molar-refractivity contribution is -0.133. The van der Waals surface area contributed by atoms with Crippen LogP contribution in [0.3, 0.4) is 0 Å². The number of nitrogens with one attached hydrogen (secondary N) is 2. The zero-order chi connectivity index (χ0) is 24.4. The number of carbonyl (C=O) groups is 3. The molecule has 0 aromatic heterocycles. The molecular weight excluding hydrogens is 442 g/mol. The van der Waals surface area contributed by atoms with Crippen molar-refractivity contribution in [2.45, 2.75) is 12.5 Å². The maximum Gasteiger partial charge on any atom is 0.325 e. The molecule has 35 heavy (non-hydrogen) atoms. The van der Waals surface area contributed by atoms with Gasteiger partial charge in [-0.15, -0.1) is 0 Å². The number of hydrogen-bond acceptors (Lipinski definition) is 4. The summed E-state index contributed by atoms with van der Waals surface area (Å²) in [6.07, 6.45) is 0. The number of para-hydroxylation sites is 3. The van der Waals surface area contributed by atoms with Crippen LogP contribution in [0.15, 0.2) is 97.1 Å². The lowest BCUT2D eigenvalue weighted by atomic mass is 9.88. The number of fused-ring (bicyclic) bond motifs is 1. The highest BCUT2D eigenvalue weighted by molar-refractivity contribution is 6.11. The highest BCUT2D eigenvalue weighted by Crippen LogP contribution is 2.34. The minimum Gasteiger partial charge on any atom is -0.455 e. The van der Waals surface area contributed by atoms with E-state index in [2.05, 4.69) is 10.6 Å². The van der Waals surface area contributed by atoms with Crippen molar-refractivity contribution in [3.63, 3.8) is 0 Å². The van der Waals surface area contributed by atoms with Crippen LogP contribution in [0.2, 0.25) is 0 Å². The SMILES string of the molecule is C[C@]1(c2cccc3ccccc23)NC(=O)N(CC(=O)Nc2ccccc2Oc2ccccc2)C1=O. The van der Waals surface area contributed by atoms with Crippen LogP contribution >= 0.6 is 0 Å². The van der Waals surface area contributed by atoms with E-state index < -0.39 is 29.9 Å². The summed E-state index contributed by atoms with van der Waals surface area (Å²) in [4.78, 5) is 40.0. The van der Waals surface area contributed by atoms with E-state index in [9.17, 15) is 14.4 Å². The highest BCUT2D eigenvalue weighted by Gasteiger charge is 2.50. The molecule has 7 nitrogen and oxygen atoms in total. The molecule has 0 radical (unpaired) electrons. The zero-order valence-electron chi connectivity index (χ0n) is 19.0. The van der Waals surface area contributed by atoms with Crippen LogP contribution in [0.4, 0.5) is 10.5 Å². The number of ether oxygens (including phenoxy) is 1. The van der Waals surface area contributed by atoms with Gasteiger partial charge in [0.2, 0.25) is 5.91 Å². The van der Waals surface area contributed by atoms with E-state index >= 15 is 0 Å². The van der Waals surface area contributed by atoms with Crippen LogP contribution < -0.4 is 15.4 Å². The van der Waals surface area contributed by atoms with Crippen LogP contribution in [-0.4, -0.2) is 29.3 Å². The van der Waals surface area contributed by atoms with Crippen molar-refractivity contribution < 1.29 is 19.1 Å². The summed E-state index contributed by atoms with van der Waals surface area (Å²) in [6.45, 7) is 1.24. The molecule has 4 amide bonds. The first kappa shape index (κ1) is 22.2. The van der Waals surface area contributed by atoms with Crippen LogP contribution in [0.5, 0.6) is 11.5 Å². The van der Waals surface area contributed by atoms with E-state index in [0.29, 0.717) is 22.7 Å². The number of urea groups is 1. The van der Waals surface area contributed by atoms with Gasteiger partial charge in [0.05, 0.1) is 5.69 Å². The first-order valence-electron chi connectivity index (χ1n) is 11.2. The van der Waals surface area contributed by atoms with E-state index in [4.69, 9.17) is 4.74 Å². The first-order chi connectivity index (χ1) is 17.0. The number of hydrogen-bond donors (Lipinski definition) is 2. The summed E-state index contributed by atoms with van der Waals surface area (Å²) in [5.74, 6) is 0.0709. The molecule has 4 aromatic carbocycles. The standard InChI is InChI=1S/C28H23N3O4/c1-28(22-15-9-11-19-10-5-6-14-21(19)22)26(33)31(27(34)30-28)18-25(32)29-23-16-7-8-17-24(23)35-20-12-3-2-4-13-20/h2-17H,18H2,1H3,(H,29,32)(H,30,34)/t28-/m1/s1. The molecule has 1 fully saturated rings. The van der Waals surface area contributed by atoms with Gasteiger partial charge in [0.25, 0.3) is 5.91 Å². The van der Waals surface area contributed by atoms with Gasteiger partial charge in [-0.3, -0.25) is 14.5 Å². The second kappa shape index (κ2) is 8.95. The van der Waals surface area contributed by atoms with Crippen LogP contribution in [-0.2, 0) is 15.1 Å². The smallest absolute Gasteiger partial charge is 0.325 e.